The summed E-state index contributed by atoms with van der Waals surface area (Å²) in [5, 5.41) is 5.99. The highest BCUT2D eigenvalue weighted by atomic mass is 35.5. The second-order valence-electron chi connectivity index (χ2n) is 4.62. The number of morpholine rings is 1. The summed E-state index contributed by atoms with van der Waals surface area (Å²) in [4.78, 5) is 12.0. The van der Waals surface area contributed by atoms with E-state index in [1.165, 1.54) is 18.2 Å². The molecule has 3 N–H and O–H groups in total. The van der Waals surface area contributed by atoms with Gasteiger partial charge in [0, 0.05) is 13.1 Å². The van der Waals surface area contributed by atoms with Crippen molar-refractivity contribution >= 4 is 38.9 Å². The molecular formula is C12H16ClN3O4S. The fraction of sp³-hybridized carbons (Fsp3) is 0.417. The summed E-state index contributed by atoms with van der Waals surface area (Å²) >= 11 is 6.00. The minimum Gasteiger partial charge on any atom is -0.366 e. The van der Waals surface area contributed by atoms with Crippen LogP contribution in [-0.4, -0.2) is 46.4 Å². The average Bonchev–Trinajstić information content (AvgIpc) is 2.42. The summed E-state index contributed by atoms with van der Waals surface area (Å²) in [7, 11) is -3.40. The normalized spacial score (nSPS) is 19.0. The van der Waals surface area contributed by atoms with Crippen molar-refractivity contribution < 1.29 is 17.9 Å². The predicted octanol–water partition coefficient (Wildman–Crippen LogP) is 0.638. The summed E-state index contributed by atoms with van der Waals surface area (Å²) in [6.07, 6.45) is 0.447. The smallest absolute Gasteiger partial charge is 0.254 e. The lowest BCUT2D eigenvalue weighted by atomic mass is 10.2. The van der Waals surface area contributed by atoms with E-state index < -0.39 is 16.1 Å². The monoisotopic (exact) mass is 333 g/mol. The number of halogens is 1. The topological polar surface area (TPSA) is 96.5 Å². The molecule has 0 bridgehead atoms. The van der Waals surface area contributed by atoms with E-state index in [0.29, 0.717) is 36.1 Å². The van der Waals surface area contributed by atoms with E-state index in [0.717, 1.165) is 6.26 Å². The molecule has 1 amide bonds. The molecular weight excluding hydrogens is 318 g/mol. The van der Waals surface area contributed by atoms with Gasteiger partial charge in [-0.25, -0.2) is 8.42 Å². The van der Waals surface area contributed by atoms with Crippen molar-refractivity contribution in [3.05, 3.63) is 23.2 Å². The average molecular weight is 334 g/mol. The molecule has 0 aromatic heterocycles. The van der Waals surface area contributed by atoms with Crippen molar-refractivity contribution in [2.45, 2.75) is 6.10 Å². The van der Waals surface area contributed by atoms with E-state index in [-0.39, 0.29) is 5.91 Å². The second kappa shape index (κ2) is 6.61. The van der Waals surface area contributed by atoms with Crippen molar-refractivity contribution in [3.8, 4) is 0 Å². The Kier molecular flexibility index (Phi) is 5.04. The first-order chi connectivity index (χ1) is 9.85. The molecule has 0 radical (unpaired) electrons. The summed E-state index contributed by atoms with van der Waals surface area (Å²) in [6.45, 7) is 1.59. The van der Waals surface area contributed by atoms with Gasteiger partial charge < -0.3 is 15.4 Å². The molecule has 1 atom stereocenters. The van der Waals surface area contributed by atoms with Crippen molar-refractivity contribution in [2.24, 2.45) is 0 Å². The minimum atomic E-state index is -3.40. The lowest BCUT2D eigenvalue weighted by molar-refractivity contribution is -0.128. The van der Waals surface area contributed by atoms with Crippen molar-refractivity contribution in [1.29, 1.82) is 0 Å². The Morgan fingerprint density at radius 3 is 2.86 bits per heavy atom. The molecule has 0 saturated carbocycles. The standard InChI is InChI=1S/C12H16ClN3O4S/c1-21(18,19)16-8-2-3-9(13)10(6-8)15-12(17)11-7-14-4-5-20-11/h2-3,6,11,14,16H,4-5,7H2,1H3,(H,15,17). The fourth-order valence-electron chi connectivity index (χ4n) is 1.85. The highest BCUT2D eigenvalue weighted by Crippen LogP contribution is 2.26. The highest BCUT2D eigenvalue weighted by molar-refractivity contribution is 7.92. The molecule has 1 aliphatic rings. The largest absolute Gasteiger partial charge is 0.366 e. The first-order valence-corrected chi connectivity index (χ1v) is 8.52. The number of carbonyl (C=O) groups excluding carboxylic acids is 1. The summed E-state index contributed by atoms with van der Waals surface area (Å²) in [6, 6.07) is 4.47. The molecule has 1 aromatic carbocycles. The Morgan fingerprint density at radius 1 is 1.48 bits per heavy atom. The number of amides is 1. The Bertz CT molecular complexity index is 629. The van der Waals surface area contributed by atoms with Gasteiger partial charge in [-0.2, -0.15) is 0 Å². The zero-order valence-electron chi connectivity index (χ0n) is 11.3. The number of anilines is 2. The Labute approximate surface area is 128 Å². The summed E-state index contributed by atoms with van der Waals surface area (Å²) < 4.78 is 30.1. The minimum absolute atomic E-state index is 0.311. The molecule has 1 aliphatic heterocycles. The molecule has 7 nitrogen and oxygen atoms in total. The molecule has 21 heavy (non-hydrogen) atoms. The number of carbonyl (C=O) groups is 1. The quantitative estimate of drug-likeness (QED) is 0.751. The first kappa shape index (κ1) is 16.0. The van der Waals surface area contributed by atoms with E-state index in [1.807, 2.05) is 0 Å². The van der Waals surface area contributed by atoms with E-state index >= 15 is 0 Å². The first-order valence-electron chi connectivity index (χ1n) is 6.26. The number of sulfonamides is 1. The van der Waals surface area contributed by atoms with Crippen molar-refractivity contribution in [2.75, 3.05) is 36.0 Å². The second-order valence-corrected chi connectivity index (χ2v) is 6.78. The lowest BCUT2D eigenvalue weighted by Crippen LogP contribution is -2.45. The number of rotatable bonds is 4. The van der Waals surface area contributed by atoms with Gasteiger partial charge in [0.2, 0.25) is 10.0 Å². The molecule has 0 spiro atoms. The molecule has 0 aliphatic carbocycles. The zero-order valence-corrected chi connectivity index (χ0v) is 12.9. The van der Waals surface area contributed by atoms with Gasteiger partial charge in [-0.15, -0.1) is 0 Å². The Balaban J connectivity index is 2.11. The van der Waals surface area contributed by atoms with E-state index in [4.69, 9.17) is 16.3 Å². The van der Waals surface area contributed by atoms with Gasteiger partial charge in [-0.1, -0.05) is 11.6 Å². The van der Waals surface area contributed by atoms with Crippen LogP contribution in [0.15, 0.2) is 18.2 Å². The summed E-state index contributed by atoms with van der Waals surface area (Å²) in [5.41, 5.74) is 0.643. The van der Waals surface area contributed by atoms with Gasteiger partial charge in [-0.05, 0) is 18.2 Å². The molecule has 1 fully saturated rings. The van der Waals surface area contributed by atoms with Crippen LogP contribution in [0.4, 0.5) is 11.4 Å². The van der Waals surface area contributed by atoms with Crippen LogP contribution in [-0.2, 0) is 19.6 Å². The van der Waals surface area contributed by atoms with Gasteiger partial charge >= 0.3 is 0 Å². The fourth-order valence-corrected chi connectivity index (χ4v) is 2.57. The maximum absolute atomic E-state index is 12.0. The van der Waals surface area contributed by atoms with Crippen LogP contribution < -0.4 is 15.4 Å². The number of hydrogen-bond acceptors (Lipinski definition) is 5. The molecule has 1 saturated heterocycles. The highest BCUT2D eigenvalue weighted by Gasteiger charge is 2.22. The Morgan fingerprint density at radius 2 is 2.24 bits per heavy atom. The van der Waals surface area contributed by atoms with Gasteiger partial charge in [0.25, 0.3) is 5.91 Å². The maximum atomic E-state index is 12.0. The third kappa shape index (κ3) is 4.85. The maximum Gasteiger partial charge on any atom is 0.254 e. The molecule has 1 unspecified atom stereocenters. The predicted molar refractivity (Wildman–Crippen MR) is 81.2 cm³/mol. The van der Waals surface area contributed by atoms with E-state index in [2.05, 4.69) is 15.4 Å². The number of nitrogens with one attached hydrogen (secondary N) is 3. The SMILES string of the molecule is CS(=O)(=O)Nc1ccc(Cl)c(NC(=O)C2CNCCO2)c1. The van der Waals surface area contributed by atoms with Gasteiger partial charge in [-0.3, -0.25) is 9.52 Å². The van der Waals surface area contributed by atoms with Crippen LogP contribution in [0.5, 0.6) is 0 Å². The van der Waals surface area contributed by atoms with Gasteiger partial charge in [0.15, 0.2) is 0 Å². The molecule has 1 aromatic rings. The molecule has 116 valence electrons. The van der Waals surface area contributed by atoms with Crippen molar-refractivity contribution in [3.63, 3.8) is 0 Å². The van der Waals surface area contributed by atoms with Crippen LogP contribution in [0.1, 0.15) is 0 Å². The summed E-state index contributed by atoms with van der Waals surface area (Å²) in [5.74, 6) is -0.333. The lowest BCUT2D eigenvalue weighted by Gasteiger charge is -2.23. The van der Waals surface area contributed by atoms with Crippen molar-refractivity contribution in [1.82, 2.24) is 5.32 Å². The van der Waals surface area contributed by atoms with Gasteiger partial charge in [0.05, 0.1) is 29.3 Å². The van der Waals surface area contributed by atoms with Crippen LogP contribution in [0.25, 0.3) is 0 Å². The van der Waals surface area contributed by atoms with Crippen LogP contribution in [0.3, 0.4) is 0 Å². The number of ether oxygens (including phenoxy) is 1. The van der Waals surface area contributed by atoms with Gasteiger partial charge in [0.1, 0.15) is 6.10 Å². The van der Waals surface area contributed by atoms with Crippen LogP contribution in [0, 0.1) is 0 Å². The zero-order chi connectivity index (χ0) is 15.5. The third-order valence-electron chi connectivity index (χ3n) is 2.75. The number of benzene rings is 1. The molecule has 1 heterocycles. The van der Waals surface area contributed by atoms with Crippen LogP contribution >= 0.6 is 11.6 Å². The third-order valence-corrected chi connectivity index (χ3v) is 3.68. The molecule has 9 heteroatoms. The molecule has 2 rings (SSSR count). The number of hydrogen-bond donors (Lipinski definition) is 3. The van der Waals surface area contributed by atoms with E-state index in [1.54, 1.807) is 0 Å². The Hall–Kier alpha value is -1.35. The van der Waals surface area contributed by atoms with E-state index in [9.17, 15) is 13.2 Å². The van der Waals surface area contributed by atoms with Crippen LogP contribution in [0.2, 0.25) is 5.02 Å².